The third-order valence-electron chi connectivity index (χ3n) is 4.24. The van der Waals surface area contributed by atoms with Gasteiger partial charge >= 0.3 is 37.9 Å². The van der Waals surface area contributed by atoms with Crippen LogP contribution in [-0.2, 0) is 20.8 Å². The molecule has 0 aromatic heterocycles. The molecule has 0 N–H and O–H groups in total. The monoisotopic (exact) mass is 435 g/mol. The van der Waals surface area contributed by atoms with Crippen LogP contribution in [0.4, 0.5) is 0 Å². The van der Waals surface area contributed by atoms with Crippen LogP contribution in [-0.4, -0.2) is 0 Å². The van der Waals surface area contributed by atoms with Gasteiger partial charge in [-0.25, -0.2) is 0 Å². The molecule has 0 fully saturated rings. The number of hydrogen-bond acceptors (Lipinski definition) is 0. The summed E-state index contributed by atoms with van der Waals surface area (Å²) >= 11 is -0.826. The van der Waals surface area contributed by atoms with Crippen LogP contribution < -0.4 is 0 Å². The van der Waals surface area contributed by atoms with Crippen molar-refractivity contribution in [1.82, 2.24) is 0 Å². The van der Waals surface area contributed by atoms with Crippen molar-refractivity contribution in [3.8, 4) is 11.1 Å². The van der Waals surface area contributed by atoms with Gasteiger partial charge in [0.25, 0.3) is 0 Å². The van der Waals surface area contributed by atoms with Gasteiger partial charge in [0.05, 0.1) is 0 Å². The van der Waals surface area contributed by atoms with E-state index in [-0.39, 0.29) is 0 Å². The standard InChI is InChI=1S/C21H23.2ClH.Zr/c1-4-6-16-13-19-7-5-8-20(21(19)14-16)18-11-9-17(10-12-18)15(2)3;;;/h5,7-15H,4,6H2,1-3H3;2*1H;/q;;;+2/p-2. The molecule has 3 heteroatoms. The van der Waals surface area contributed by atoms with Crippen LogP contribution in [0.5, 0.6) is 0 Å². The van der Waals surface area contributed by atoms with Crippen LogP contribution in [0.25, 0.3) is 17.2 Å². The van der Waals surface area contributed by atoms with Crippen LogP contribution in [0.2, 0.25) is 0 Å². The van der Waals surface area contributed by atoms with E-state index in [4.69, 9.17) is 17.0 Å². The fraction of sp³-hybridized carbons (Fsp3) is 0.286. The third-order valence-corrected chi connectivity index (χ3v) is 4.24. The minimum atomic E-state index is -0.826. The summed E-state index contributed by atoms with van der Waals surface area (Å²) in [6.07, 6.45) is 7.07. The van der Waals surface area contributed by atoms with Crippen molar-refractivity contribution in [2.75, 3.05) is 0 Å². The van der Waals surface area contributed by atoms with Gasteiger partial charge in [0.1, 0.15) is 0 Å². The number of halogens is 2. The first kappa shape index (κ1) is 20.0. The van der Waals surface area contributed by atoms with E-state index in [9.17, 15) is 0 Å². The Labute approximate surface area is 164 Å². The van der Waals surface area contributed by atoms with Crippen molar-refractivity contribution in [3.63, 3.8) is 0 Å². The molecule has 1 aliphatic rings. The maximum atomic E-state index is 4.93. The first-order chi connectivity index (χ1) is 11.6. The Bertz CT molecular complexity index is 687. The molecule has 1 aliphatic carbocycles. The van der Waals surface area contributed by atoms with E-state index in [1.165, 1.54) is 46.2 Å². The third kappa shape index (κ3) is 5.07. The van der Waals surface area contributed by atoms with E-state index in [1.54, 1.807) is 0 Å². The molecule has 0 atom stereocenters. The van der Waals surface area contributed by atoms with Crippen molar-refractivity contribution in [2.45, 2.75) is 39.5 Å². The van der Waals surface area contributed by atoms with E-state index in [1.807, 2.05) is 0 Å². The van der Waals surface area contributed by atoms with Crippen LogP contribution in [0.3, 0.4) is 0 Å². The van der Waals surface area contributed by atoms with Crippen molar-refractivity contribution in [2.24, 2.45) is 0 Å². The van der Waals surface area contributed by atoms with Gasteiger partial charge in [-0.3, -0.25) is 0 Å². The molecule has 0 nitrogen and oxygen atoms in total. The summed E-state index contributed by atoms with van der Waals surface area (Å²) in [6, 6.07) is 15.7. The van der Waals surface area contributed by atoms with Gasteiger partial charge in [-0.1, -0.05) is 81.3 Å². The molecule has 0 amide bonds. The molecule has 0 bridgehead atoms. The Morgan fingerprint density at radius 3 is 2.25 bits per heavy atom. The molecule has 1 radical (unpaired) electrons. The van der Waals surface area contributed by atoms with Gasteiger partial charge in [-0.05, 0) is 40.2 Å². The zero-order valence-electron chi connectivity index (χ0n) is 14.4. The van der Waals surface area contributed by atoms with Crippen LogP contribution in [0.15, 0.2) is 48.0 Å². The van der Waals surface area contributed by atoms with Crippen molar-refractivity contribution in [3.05, 3.63) is 71.1 Å². The minimum absolute atomic E-state index is 0.588. The topological polar surface area (TPSA) is 0 Å². The fourth-order valence-corrected chi connectivity index (χ4v) is 3.03. The molecule has 0 saturated carbocycles. The normalized spacial score (nSPS) is 12.3. The summed E-state index contributed by atoms with van der Waals surface area (Å²) in [5, 5.41) is 0. The molecule has 0 saturated heterocycles. The predicted molar refractivity (Wildman–Crippen MR) is 104 cm³/mol. The van der Waals surface area contributed by atoms with Gasteiger partial charge in [-0.15, -0.1) is 0 Å². The Morgan fingerprint density at radius 2 is 1.67 bits per heavy atom. The molecule has 3 rings (SSSR count). The summed E-state index contributed by atoms with van der Waals surface area (Å²) in [7, 11) is 9.87. The molecule has 0 spiro atoms. The molecule has 24 heavy (non-hydrogen) atoms. The van der Waals surface area contributed by atoms with E-state index < -0.39 is 20.8 Å². The quantitative estimate of drug-likeness (QED) is 0.462. The fourth-order valence-electron chi connectivity index (χ4n) is 3.03. The Kier molecular flexibility index (Phi) is 8.28. The summed E-state index contributed by atoms with van der Waals surface area (Å²) in [6.45, 7) is 6.72. The number of allylic oxidation sites excluding steroid dienone is 1. The van der Waals surface area contributed by atoms with E-state index >= 15 is 0 Å². The first-order valence-corrected chi connectivity index (χ1v) is 14.7. The predicted octanol–water partition coefficient (Wildman–Crippen LogP) is 7.60. The number of benzene rings is 2. The molecular formula is C21H23Cl2Zr. The van der Waals surface area contributed by atoms with Crippen molar-refractivity contribution in [1.29, 1.82) is 0 Å². The van der Waals surface area contributed by atoms with Gasteiger partial charge in [-0.2, -0.15) is 0 Å². The van der Waals surface area contributed by atoms with Gasteiger partial charge < -0.3 is 0 Å². The number of hydrogen-bond donors (Lipinski definition) is 0. The second kappa shape index (κ2) is 9.95. The van der Waals surface area contributed by atoms with Crippen LogP contribution in [0.1, 0.15) is 56.2 Å². The molecular weight excluding hydrogens is 414 g/mol. The van der Waals surface area contributed by atoms with Gasteiger partial charge in [0.15, 0.2) is 0 Å². The molecule has 0 heterocycles. The number of fused-ring (bicyclic) bond motifs is 1. The first-order valence-electron chi connectivity index (χ1n) is 8.35. The second-order valence-corrected chi connectivity index (χ2v) is 10.0. The molecule has 0 aliphatic heterocycles. The zero-order valence-corrected chi connectivity index (χ0v) is 18.4. The summed E-state index contributed by atoms with van der Waals surface area (Å²) < 4.78 is 0. The summed E-state index contributed by atoms with van der Waals surface area (Å²) in [4.78, 5) is 0. The average Bonchev–Trinajstić information content (AvgIpc) is 2.98. The second-order valence-electron chi connectivity index (χ2n) is 6.27. The van der Waals surface area contributed by atoms with Crippen LogP contribution >= 0.6 is 17.0 Å². The summed E-state index contributed by atoms with van der Waals surface area (Å²) in [5.41, 5.74) is 8.28. The Hall–Kier alpha value is -0.357. The van der Waals surface area contributed by atoms with Crippen LogP contribution in [0, 0.1) is 6.42 Å². The summed E-state index contributed by atoms with van der Waals surface area (Å²) in [5.74, 6) is 0.588. The maximum absolute atomic E-state index is 4.93. The Balaban J connectivity index is 0.000000647. The number of rotatable bonds is 4. The zero-order chi connectivity index (χ0) is 17.5. The Morgan fingerprint density at radius 1 is 1.00 bits per heavy atom. The molecule has 2 aromatic rings. The van der Waals surface area contributed by atoms with Gasteiger partial charge in [0, 0.05) is 6.42 Å². The molecule has 2 aromatic carbocycles. The van der Waals surface area contributed by atoms with Crippen molar-refractivity contribution >= 4 is 23.1 Å². The SMILES string of the molecule is CCCC1=Cc2c(cccc2-c2ccc(C(C)C)cc2)[CH]1.[Cl][Zr][Cl]. The molecule has 125 valence electrons. The van der Waals surface area contributed by atoms with E-state index in [2.05, 4.69) is 75.7 Å². The van der Waals surface area contributed by atoms with E-state index in [0.29, 0.717) is 5.92 Å². The average molecular weight is 438 g/mol. The van der Waals surface area contributed by atoms with Gasteiger partial charge in [0.2, 0.25) is 0 Å². The van der Waals surface area contributed by atoms with Crippen molar-refractivity contribution < 1.29 is 20.8 Å². The van der Waals surface area contributed by atoms with E-state index in [0.717, 1.165) is 0 Å². The molecule has 0 unspecified atom stereocenters.